The molecule has 1 aliphatic heterocycles. The smallest absolute Gasteiger partial charge is 0.191 e. The molecular weight excluding hydrogens is 417 g/mol. The molecule has 0 saturated carbocycles. The first kappa shape index (κ1) is 21.1. The van der Waals surface area contributed by atoms with Crippen LogP contribution >= 0.6 is 24.0 Å². The Kier molecular flexibility index (Phi) is 11.0. The maximum absolute atomic E-state index is 4.24. The molecule has 0 spiro atoms. The van der Waals surface area contributed by atoms with Gasteiger partial charge in [0, 0.05) is 20.6 Å². The fraction of sp³-hybridized carbons (Fsp3) is 0.812. The highest BCUT2D eigenvalue weighted by molar-refractivity contribution is 14.0. The normalized spacial score (nSPS) is 15.8. The summed E-state index contributed by atoms with van der Waals surface area (Å²) in [4.78, 5) is 11.0. The van der Waals surface area contributed by atoms with E-state index in [0.29, 0.717) is 6.54 Å². The highest BCUT2D eigenvalue weighted by atomic mass is 127. The SMILES string of the molecule is CN=C(NCCCCCN1CCCCC1)NCc1ncnn1C.I. The molecule has 1 fully saturated rings. The van der Waals surface area contributed by atoms with Crippen LogP contribution in [0.15, 0.2) is 11.3 Å². The van der Waals surface area contributed by atoms with Crippen molar-refractivity contribution >= 4 is 29.9 Å². The predicted molar refractivity (Wildman–Crippen MR) is 109 cm³/mol. The minimum absolute atomic E-state index is 0. The summed E-state index contributed by atoms with van der Waals surface area (Å²) in [6, 6.07) is 0. The second-order valence-electron chi connectivity index (χ2n) is 6.12. The fourth-order valence-corrected chi connectivity index (χ4v) is 2.89. The molecule has 0 amide bonds. The van der Waals surface area contributed by atoms with E-state index in [1.807, 2.05) is 7.05 Å². The van der Waals surface area contributed by atoms with Gasteiger partial charge in [-0.1, -0.05) is 12.8 Å². The van der Waals surface area contributed by atoms with E-state index in [1.165, 1.54) is 58.2 Å². The van der Waals surface area contributed by atoms with Crippen molar-refractivity contribution in [3.05, 3.63) is 12.2 Å². The first-order valence-corrected chi connectivity index (χ1v) is 8.79. The summed E-state index contributed by atoms with van der Waals surface area (Å²) in [6.07, 6.45) is 9.50. The Balaban J connectivity index is 0.00000288. The highest BCUT2D eigenvalue weighted by Gasteiger charge is 2.08. The van der Waals surface area contributed by atoms with Gasteiger partial charge >= 0.3 is 0 Å². The van der Waals surface area contributed by atoms with Gasteiger partial charge in [-0.05, 0) is 45.3 Å². The zero-order valence-electron chi connectivity index (χ0n) is 15.0. The number of aliphatic imine (C=N–C) groups is 1. The van der Waals surface area contributed by atoms with Gasteiger partial charge in [0.25, 0.3) is 0 Å². The van der Waals surface area contributed by atoms with Crippen LogP contribution in [0.5, 0.6) is 0 Å². The van der Waals surface area contributed by atoms with Crippen LogP contribution in [-0.2, 0) is 13.6 Å². The molecule has 24 heavy (non-hydrogen) atoms. The minimum atomic E-state index is 0. The summed E-state index contributed by atoms with van der Waals surface area (Å²) in [7, 11) is 3.69. The van der Waals surface area contributed by atoms with Gasteiger partial charge in [0.05, 0.1) is 6.54 Å². The van der Waals surface area contributed by atoms with Crippen molar-refractivity contribution in [2.45, 2.75) is 45.1 Å². The molecule has 1 aliphatic rings. The number of unbranched alkanes of at least 4 members (excludes halogenated alkanes) is 2. The number of likely N-dealkylation sites (tertiary alicyclic amines) is 1. The first-order valence-electron chi connectivity index (χ1n) is 8.79. The lowest BCUT2D eigenvalue weighted by molar-refractivity contribution is 0.224. The van der Waals surface area contributed by atoms with Crippen LogP contribution in [-0.4, -0.2) is 58.9 Å². The number of aryl methyl sites for hydroxylation is 1. The summed E-state index contributed by atoms with van der Waals surface area (Å²) in [5, 5.41) is 10.7. The molecule has 1 aromatic heterocycles. The molecule has 1 saturated heterocycles. The van der Waals surface area contributed by atoms with E-state index in [1.54, 1.807) is 18.1 Å². The Morgan fingerprint density at radius 3 is 2.62 bits per heavy atom. The number of aromatic nitrogens is 3. The maximum atomic E-state index is 4.24. The van der Waals surface area contributed by atoms with Gasteiger partial charge in [-0.25, -0.2) is 4.98 Å². The van der Waals surface area contributed by atoms with E-state index in [0.717, 1.165) is 18.3 Å². The van der Waals surface area contributed by atoms with Gasteiger partial charge in [-0.15, -0.1) is 24.0 Å². The maximum Gasteiger partial charge on any atom is 0.191 e. The lowest BCUT2D eigenvalue weighted by atomic mass is 10.1. The average molecular weight is 449 g/mol. The van der Waals surface area contributed by atoms with Crippen LogP contribution in [0.2, 0.25) is 0 Å². The van der Waals surface area contributed by atoms with Crippen molar-refractivity contribution < 1.29 is 0 Å². The summed E-state index contributed by atoms with van der Waals surface area (Å²) in [6.45, 7) is 5.45. The van der Waals surface area contributed by atoms with Gasteiger partial charge in [-0.3, -0.25) is 9.67 Å². The molecule has 0 aromatic carbocycles. The number of hydrogen-bond donors (Lipinski definition) is 2. The summed E-state index contributed by atoms with van der Waals surface area (Å²) in [5.74, 6) is 1.72. The molecule has 1 aromatic rings. The lowest BCUT2D eigenvalue weighted by Gasteiger charge is -2.26. The molecule has 0 radical (unpaired) electrons. The minimum Gasteiger partial charge on any atom is -0.356 e. The van der Waals surface area contributed by atoms with Crippen LogP contribution in [0.1, 0.15) is 44.3 Å². The predicted octanol–water partition coefficient (Wildman–Crippen LogP) is 1.75. The number of halogens is 1. The third-order valence-corrected chi connectivity index (χ3v) is 4.33. The number of hydrogen-bond acceptors (Lipinski definition) is 4. The topological polar surface area (TPSA) is 70.4 Å². The molecule has 8 heteroatoms. The molecule has 2 rings (SSSR count). The lowest BCUT2D eigenvalue weighted by Crippen LogP contribution is -2.37. The van der Waals surface area contributed by atoms with Gasteiger partial charge in [-0.2, -0.15) is 5.10 Å². The Hall–Kier alpha value is -0.900. The van der Waals surface area contributed by atoms with Crippen molar-refractivity contribution in [3.8, 4) is 0 Å². The van der Waals surface area contributed by atoms with Crippen LogP contribution in [0.4, 0.5) is 0 Å². The molecule has 2 N–H and O–H groups in total. The third kappa shape index (κ3) is 7.78. The fourth-order valence-electron chi connectivity index (χ4n) is 2.89. The Bertz CT molecular complexity index is 469. The van der Waals surface area contributed by atoms with E-state index in [-0.39, 0.29) is 24.0 Å². The van der Waals surface area contributed by atoms with Gasteiger partial charge in [0.2, 0.25) is 0 Å². The van der Waals surface area contributed by atoms with Crippen molar-refractivity contribution in [2.75, 3.05) is 33.2 Å². The summed E-state index contributed by atoms with van der Waals surface area (Å²) >= 11 is 0. The van der Waals surface area contributed by atoms with Crippen LogP contribution in [0, 0.1) is 0 Å². The van der Waals surface area contributed by atoms with E-state index >= 15 is 0 Å². The van der Waals surface area contributed by atoms with Gasteiger partial charge in [0.15, 0.2) is 5.96 Å². The van der Waals surface area contributed by atoms with E-state index in [4.69, 9.17) is 0 Å². The average Bonchev–Trinajstić information content (AvgIpc) is 2.99. The molecule has 0 bridgehead atoms. The molecule has 7 nitrogen and oxygen atoms in total. The Morgan fingerprint density at radius 1 is 1.17 bits per heavy atom. The van der Waals surface area contributed by atoms with Gasteiger partial charge in [0.1, 0.15) is 12.2 Å². The molecule has 2 heterocycles. The standard InChI is InChI=1S/C16H31N7.HI/c1-17-16(19-13-15-20-14-21-22(15)2)18-9-5-3-6-10-23-11-7-4-8-12-23;/h14H,3-13H2,1-2H3,(H2,17,18,19);1H. The van der Waals surface area contributed by atoms with E-state index < -0.39 is 0 Å². The monoisotopic (exact) mass is 449 g/mol. The van der Waals surface area contributed by atoms with Crippen LogP contribution in [0.3, 0.4) is 0 Å². The second kappa shape index (κ2) is 12.5. The molecule has 0 atom stereocenters. The first-order chi connectivity index (χ1) is 11.3. The number of nitrogens with one attached hydrogen (secondary N) is 2. The molecular formula is C16H32IN7. The Morgan fingerprint density at radius 2 is 1.96 bits per heavy atom. The summed E-state index contributed by atoms with van der Waals surface area (Å²) in [5.41, 5.74) is 0. The van der Waals surface area contributed by atoms with Crippen molar-refractivity contribution in [3.63, 3.8) is 0 Å². The van der Waals surface area contributed by atoms with E-state index in [2.05, 4.69) is 30.6 Å². The number of piperidine rings is 1. The second-order valence-corrected chi connectivity index (χ2v) is 6.12. The third-order valence-electron chi connectivity index (χ3n) is 4.33. The van der Waals surface area contributed by atoms with Crippen molar-refractivity contribution in [1.29, 1.82) is 0 Å². The largest absolute Gasteiger partial charge is 0.356 e. The van der Waals surface area contributed by atoms with Crippen LogP contribution < -0.4 is 10.6 Å². The zero-order valence-corrected chi connectivity index (χ0v) is 17.3. The van der Waals surface area contributed by atoms with Gasteiger partial charge < -0.3 is 15.5 Å². The van der Waals surface area contributed by atoms with Crippen molar-refractivity contribution in [1.82, 2.24) is 30.3 Å². The number of guanidine groups is 1. The van der Waals surface area contributed by atoms with E-state index in [9.17, 15) is 0 Å². The van der Waals surface area contributed by atoms with Crippen LogP contribution in [0.25, 0.3) is 0 Å². The summed E-state index contributed by atoms with van der Waals surface area (Å²) < 4.78 is 1.76. The molecule has 0 unspecified atom stereocenters. The number of rotatable bonds is 8. The molecule has 138 valence electrons. The zero-order chi connectivity index (χ0) is 16.3. The molecule has 0 aliphatic carbocycles. The quantitative estimate of drug-likeness (QED) is 0.274. The Labute approximate surface area is 162 Å². The number of nitrogens with zero attached hydrogens (tertiary/aromatic N) is 5. The van der Waals surface area contributed by atoms with Crippen molar-refractivity contribution in [2.24, 2.45) is 12.0 Å². The highest BCUT2D eigenvalue weighted by Crippen LogP contribution is 2.09.